The first-order valence-electron chi connectivity index (χ1n) is 6.15. The lowest BCUT2D eigenvalue weighted by Crippen LogP contribution is -2.10. The van der Waals surface area contributed by atoms with E-state index in [2.05, 4.69) is 39.8 Å². The highest BCUT2D eigenvalue weighted by atomic mass is 16.5. The Balaban J connectivity index is 3.18. The van der Waals surface area contributed by atoms with Crippen molar-refractivity contribution < 1.29 is 9.47 Å². The van der Waals surface area contributed by atoms with Crippen LogP contribution in [0.5, 0.6) is 11.5 Å². The fourth-order valence-corrected chi connectivity index (χ4v) is 2.08. The second-order valence-electron chi connectivity index (χ2n) is 5.58. The van der Waals surface area contributed by atoms with E-state index in [9.17, 15) is 0 Å². The van der Waals surface area contributed by atoms with E-state index in [4.69, 9.17) is 9.47 Å². The minimum Gasteiger partial charge on any atom is -0.493 e. The van der Waals surface area contributed by atoms with E-state index in [0.29, 0.717) is 0 Å². The van der Waals surface area contributed by atoms with Gasteiger partial charge in [0.2, 0.25) is 0 Å². The molecule has 0 bridgehead atoms. The molecule has 17 heavy (non-hydrogen) atoms. The summed E-state index contributed by atoms with van der Waals surface area (Å²) in [6.45, 7) is 8.87. The number of methoxy groups -OCH3 is 2. The summed E-state index contributed by atoms with van der Waals surface area (Å²) >= 11 is 0. The maximum Gasteiger partial charge on any atom is 0.163 e. The van der Waals surface area contributed by atoms with E-state index in [0.717, 1.165) is 24.3 Å². The standard InChI is InChI=1S/C15H24O2/c1-7-12-8-11(10-15(2,3)4)9-13(16-5)14(12)17-6/h8-9H,7,10H2,1-6H3. The molecule has 96 valence electrons. The third kappa shape index (κ3) is 3.65. The van der Waals surface area contributed by atoms with Gasteiger partial charge in [-0.05, 0) is 35.4 Å². The SMILES string of the molecule is CCc1cc(CC(C)(C)C)cc(OC)c1OC. The number of ether oxygens (including phenoxy) is 2. The molecule has 1 aromatic rings. The molecule has 0 unspecified atom stereocenters. The van der Waals surface area contributed by atoms with E-state index < -0.39 is 0 Å². The van der Waals surface area contributed by atoms with Gasteiger partial charge >= 0.3 is 0 Å². The van der Waals surface area contributed by atoms with Crippen LogP contribution in [0.3, 0.4) is 0 Å². The molecule has 1 aromatic carbocycles. The van der Waals surface area contributed by atoms with Crippen LogP contribution >= 0.6 is 0 Å². The molecule has 2 nitrogen and oxygen atoms in total. The van der Waals surface area contributed by atoms with Crippen molar-refractivity contribution in [3.05, 3.63) is 23.3 Å². The number of benzene rings is 1. The highest BCUT2D eigenvalue weighted by molar-refractivity contribution is 5.49. The summed E-state index contributed by atoms with van der Waals surface area (Å²) in [5.41, 5.74) is 2.81. The van der Waals surface area contributed by atoms with Crippen molar-refractivity contribution in [1.29, 1.82) is 0 Å². The molecule has 0 aromatic heterocycles. The van der Waals surface area contributed by atoms with Gasteiger partial charge in [-0.2, -0.15) is 0 Å². The molecule has 0 aliphatic carbocycles. The van der Waals surface area contributed by atoms with Crippen LogP contribution in [-0.4, -0.2) is 14.2 Å². The van der Waals surface area contributed by atoms with Gasteiger partial charge < -0.3 is 9.47 Å². The lowest BCUT2D eigenvalue weighted by Gasteiger charge is -2.20. The van der Waals surface area contributed by atoms with Gasteiger partial charge in [-0.3, -0.25) is 0 Å². The number of rotatable bonds is 4. The van der Waals surface area contributed by atoms with Crippen LogP contribution in [0.4, 0.5) is 0 Å². The van der Waals surface area contributed by atoms with Crippen molar-refractivity contribution in [3.8, 4) is 11.5 Å². The average Bonchev–Trinajstić information content (AvgIpc) is 2.25. The quantitative estimate of drug-likeness (QED) is 0.790. The Morgan fingerprint density at radius 2 is 1.71 bits per heavy atom. The Morgan fingerprint density at radius 1 is 1.06 bits per heavy atom. The molecule has 1 rings (SSSR count). The molecule has 2 heteroatoms. The molecular weight excluding hydrogens is 212 g/mol. The zero-order valence-electron chi connectivity index (χ0n) is 11.9. The van der Waals surface area contributed by atoms with Crippen LogP contribution < -0.4 is 9.47 Å². The minimum absolute atomic E-state index is 0.282. The monoisotopic (exact) mass is 236 g/mol. The molecular formula is C15H24O2. The summed E-state index contributed by atoms with van der Waals surface area (Å²) in [6.07, 6.45) is 2.00. The van der Waals surface area contributed by atoms with Crippen LogP contribution in [0, 0.1) is 5.41 Å². The van der Waals surface area contributed by atoms with E-state index >= 15 is 0 Å². The van der Waals surface area contributed by atoms with Gasteiger partial charge in [0.15, 0.2) is 11.5 Å². The van der Waals surface area contributed by atoms with Crippen LogP contribution in [0.1, 0.15) is 38.8 Å². The molecule has 0 N–H and O–H groups in total. The fourth-order valence-electron chi connectivity index (χ4n) is 2.08. The molecule has 0 fully saturated rings. The summed E-state index contributed by atoms with van der Waals surface area (Å²) in [4.78, 5) is 0. The largest absolute Gasteiger partial charge is 0.493 e. The van der Waals surface area contributed by atoms with Gasteiger partial charge in [0.1, 0.15) is 0 Å². The molecule has 0 saturated heterocycles. The Bertz CT molecular complexity index is 350. The van der Waals surface area contributed by atoms with Gasteiger partial charge in [0.25, 0.3) is 0 Å². The first kappa shape index (κ1) is 13.9. The van der Waals surface area contributed by atoms with Crippen LogP contribution in [0.25, 0.3) is 0 Å². The van der Waals surface area contributed by atoms with Crippen LogP contribution in [0.15, 0.2) is 12.1 Å². The molecule has 0 saturated carbocycles. The molecule has 0 radical (unpaired) electrons. The molecule has 0 atom stereocenters. The lowest BCUT2D eigenvalue weighted by atomic mass is 9.87. The summed E-state index contributed by atoms with van der Waals surface area (Å²) < 4.78 is 10.8. The molecule has 0 amide bonds. The highest BCUT2D eigenvalue weighted by Gasteiger charge is 2.16. The van der Waals surface area contributed by atoms with Crippen molar-refractivity contribution in [2.24, 2.45) is 5.41 Å². The highest BCUT2D eigenvalue weighted by Crippen LogP contribution is 2.34. The van der Waals surface area contributed by atoms with Crippen LogP contribution in [-0.2, 0) is 12.8 Å². The third-order valence-electron chi connectivity index (χ3n) is 2.73. The normalized spacial score (nSPS) is 11.4. The average molecular weight is 236 g/mol. The second-order valence-corrected chi connectivity index (χ2v) is 5.58. The Morgan fingerprint density at radius 3 is 2.12 bits per heavy atom. The Kier molecular flexibility index (Phi) is 4.44. The molecule has 0 spiro atoms. The smallest absolute Gasteiger partial charge is 0.163 e. The predicted molar refractivity (Wildman–Crippen MR) is 72.1 cm³/mol. The van der Waals surface area contributed by atoms with E-state index in [1.165, 1.54) is 11.1 Å². The van der Waals surface area contributed by atoms with E-state index in [1.807, 2.05) is 0 Å². The van der Waals surface area contributed by atoms with E-state index in [-0.39, 0.29) is 5.41 Å². The number of aryl methyl sites for hydroxylation is 1. The Labute approximate surface area is 105 Å². The summed E-state index contributed by atoms with van der Waals surface area (Å²) in [5.74, 6) is 1.71. The number of hydrogen-bond donors (Lipinski definition) is 0. The fraction of sp³-hybridized carbons (Fsp3) is 0.600. The van der Waals surface area contributed by atoms with Crippen molar-refractivity contribution in [1.82, 2.24) is 0 Å². The molecule has 0 aliphatic rings. The van der Waals surface area contributed by atoms with Gasteiger partial charge in [0, 0.05) is 0 Å². The Hall–Kier alpha value is -1.18. The summed E-state index contributed by atoms with van der Waals surface area (Å²) in [5, 5.41) is 0. The lowest BCUT2D eigenvalue weighted by molar-refractivity contribution is 0.350. The topological polar surface area (TPSA) is 18.5 Å². The van der Waals surface area contributed by atoms with Gasteiger partial charge in [-0.25, -0.2) is 0 Å². The zero-order chi connectivity index (χ0) is 13.1. The summed E-state index contributed by atoms with van der Waals surface area (Å²) in [7, 11) is 3.39. The van der Waals surface area contributed by atoms with Crippen molar-refractivity contribution in [2.45, 2.75) is 40.5 Å². The molecule has 0 aliphatic heterocycles. The first-order chi connectivity index (χ1) is 7.91. The van der Waals surface area contributed by atoms with Gasteiger partial charge in [-0.15, -0.1) is 0 Å². The maximum atomic E-state index is 5.42. The second kappa shape index (κ2) is 5.44. The zero-order valence-corrected chi connectivity index (χ0v) is 11.9. The summed E-state index contributed by atoms with van der Waals surface area (Å²) in [6, 6.07) is 4.32. The molecule has 0 heterocycles. The van der Waals surface area contributed by atoms with Gasteiger partial charge in [0.05, 0.1) is 14.2 Å². The van der Waals surface area contributed by atoms with Crippen molar-refractivity contribution in [3.63, 3.8) is 0 Å². The number of hydrogen-bond acceptors (Lipinski definition) is 2. The predicted octanol–water partition coefficient (Wildman–Crippen LogP) is 3.85. The minimum atomic E-state index is 0.282. The van der Waals surface area contributed by atoms with Crippen LogP contribution in [0.2, 0.25) is 0 Å². The first-order valence-corrected chi connectivity index (χ1v) is 6.15. The maximum absolute atomic E-state index is 5.42. The van der Waals surface area contributed by atoms with Crippen molar-refractivity contribution in [2.75, 3.05) is 14.2 Å². The third-order valence-corrected chi connectivity index (χ3v) is 2.73. The van der Waals surface area contributed by atoms with E-state index in [1.54, 1.807) is 14.2 Å². The van der Waals surface area contributed by atoms with Gasteiger partial charge in [-0.1, -0.05) is 33.8 Å². The van der Waals surface area contributed by atoms with Crippen molar-refractivity contribution >= 4 is 0 Å².